The Morgan fingerprint density at radius 3 is 2.80 bits per heavy atom. The van der Waals surface area contributed by atoms with E-state index in [1.54, 1.807) is 0 Å². The van der Waals surface area contributed by atoms with E-state index in [0.717, 1.165) is 24.8 Å². The number of nitrogens with two attached hydrogens (primary N) is 1. The number of aromatic nitrogens is 1. The highest BCUT2D eigenvalue weighted by molar-refractivity contribution is 7.16. The van der Waals surface area contributed by atoms with E-state index in [1.165, 1.54) is 24.2 Å². The maximum absolute atomic E-state index is 8.95. The molecule has 1 aliphatic heterocycles. The Morgan fingerprint density at radius 2 is 2.20 bits per heavy atom. The lowest BCUT2D eigenvalue weighted by Crippen LogP contribution is -2.33. The predicted octanol–water partition coefficient (Wildman–Crippen LogP) is 1.83. The molecule has 0 aliphatic carbocycles. The second kappa shape index (κ2) is 4.07. The third kappa shape index (κ3) is 2.05. The van der Waals surface area contributed by atoms with Crippen LogP contribution in [0.15, 0.2) is 0 Å². The summed E-state index contributed by atoms with van der Waals surface area (Å²) in [6.07, 6.45) is 2.34. The molecule has 1 aromatic rings. The van der Waals surface area contributed by atoms with Crippen LogP contribution in [0.3, 0.4) is 0 Å². The molecule has 5 heteroatoms. The Kier molecular flexibility index (Phi) is 2.78. The van der Waals surface area contributed by atoms with E-state index in [2.05, 4.69) is 22.9 Å². The van der Waals surface area contributed by atoms with Gasteiger partial charge in [-0.05, 0) is 18.8 Å². The molecule has 2 heterocycles. The quantitative estimate of drug-likeness (QED) is 0.787. The van der Waals surface area contributed by atoms with Gasteiger partial charge in [0, 0.05) is 13.1 Å². The molecule has 1 aliphatic rings. The fourth-order valence-corrected chi connectivity index (χ4v) is 2.49. The monoisotopic (exact) mass is 222 g/mol. The van der Waals surface area contributed by atoms with E-state index in [4.69, 9.17) is 11.0 Å². The molecule has 80 valence electrons. The first-order chi connectivity index (χ1) is 7.20. The molecule has 1 aromatic heterocycles. The lowest BCUT2D eigenvalue weighted by molar-refractivity contribution is 0.437. The van der Waals surface area contributed by atoms with E-state index in [1.807, 2.05) is 0 Å². The van der Waals surface area contributed by atoms with Crippen LogP contribution in [0.4, 0.5) is 10.9 Å². The summed E-state index contributed by atoms with van der Waals surface area (Å²) in [7, 11) is 0. The van der Waals surface area contributed by atoms with Gasteiger partial charge in [-0.1, -0.05) is 18.3 Å². The van der Waals surface area contributed by atoms with Crippen LogP contribution in [0, 0.1) is 17.2 Å². The Labute approximate surface area is 93.3 Å². The molecule has 0 atom stereocenters. The number of nitrogens with zero attached hydrogens (tertiary/aromatic N) is 3. The standard InChI is InChI=1S/C10H14N4S/c1-7-2-4-14(5-3-7)9-8(6-11)15-10(12)13-9/h7H,2-5H2,1H3,(H2,12,13). The number of hydrogen-bond donors (Lipinski definition) is 1. The molecule has 2 rings (SSSR count). The van der Waals surface area contributed by atoms with Crippen molar-refractivity contribution >= 4 is 22.3 Å². The number of piperidine rings is 1. The third-order valence-electron chi connectivity index (χ3n) is 2.81. The van der Waals surface area contributed by atoms with Gasteiger partial charge in [0.2, 0.25) is 0 Å². The Hall–Kier alpha value is -1.28. The summed E-state index contributed by atoms with van der Waals surface area (Å²) < 4.78 is 0. The molecule has 2 N–H and O–H groups in total. The average molecular weight is 222 g/mol. The molecular formula is C10H14N4S. The Bertz CT molecular complexity index is 385. The summed E-state index contributed by atoms with van der Waals surface area (Å²) in [4.78, 5) is 7.04. The van der Waals surface area contributed by atoms with Crippen molar-refractivity contribution in [2.45, 2.75) is 19.8 Å². The van der Waals surface area contributed by atoms with Gasteiger partial charge in [0.05, 0.1) is 0 Å². The minimum atomic E-state index is 0.486. The molecular weight excluding hydrogens is 208 g/mol. The molecule has 0 saturated carbocycles. The molecule has 1 fully saturated rings. The minimum Gasteiger partial charge on any atom is -0.375 e. The van der Waals surface area contributed by atoms with Crippen molar-refractivity contribution in [3.8, 4) is 6.07 Å². The van der Waals surface area contributed by atoms with E-state index in [-0.39, 0.29) is 0 Å². The van der Waals surface area contributed by atoms with Gasteiger partial charge in [-0.25, -0.2) is 4.98 Å². The average Bonchev–Trinajstić information content (AvgIpc) is 2.61. The zero-order valence-corrected chi connectivity index (χ0v) is 9.55. The van der Waals surface area contributed by atoms with Gasteiger partial charge in [-0.15, -0.1) is 0 Å². The number of thiazole rings is 1. The van der Waals surface area contributed by atoms with Gasteiger partial charge in [0.1, 0.15) is 6.07 Å². The molecule has 0 aromatic carbocycles. The lowest BCUT2D eigenvalue weighted by atomic mass is 9.99. The zero-order valence-electron chi connectivity index (χ0n) is 8.73. The molecule has 4 nitrogen and oxygen atoms in total. The van der Waals surface area contributed by atoms with Crippen molar-refractivity contribution in [3.63, 3.8) is 0 Å². The van der Waals surface area contributed by atoms with Crippen LogP contribution in [-0.2, 0) is 0 Å². The smallest absolute Gasteiger partial charge is 0.183 e. The maximum Gasteiger partial charge on any atom is 0.183 e. The molecule has 1 saturated heterocycles. The second-order valence-electron chi connectivity index (χ2n) is 3.99. The first kappa shape index (κ1) is 10.2. The number of nitrogen functional groups attached to an aromatic ring is 1. The van der Waals surface area contributed by atoms with Crippen LogP contribution in [0.25, 0.3) is 0 Å². The fraction of sp³-hybridized carbons (Fsp3) is 0.600. The van der Waals surface area contributed by atoms with Crippen LogP contribution in [0.1, 0.15) is 24.6 Å². The molecule has 0 unspecified atom stereocenters. The van der Waals surface area contributed by atoms with Crippen molar-refractivity contribution in [2.75, 3.05) is 23.7 Å². The highest BCUT2D eigenvalue weighted by atomic mass is 32.1. The van der Waals surface area contributed by atoms with Gasteiger partial charge in [0.15, 0.2) is 15.8 Å². The van der Waals surface area contributed by atoms with E-state index >= 15 is 0 Å². The van der Waals surface area contributed by atoms with Crippen molar-refractivity contribution in [2.24, 2.45) is 5.92 Å². The van der Waals surface area contributed by atoms with Crippen LogP contribution < -0.4 is 10.6 Å². The number of anilines is 2. The minimum absolute atomic E-state index is 0.486. The number of hydrogen-bond acceptors (Lipinski definition) is 5. The Morgan fingerprint density at radius 1 is 1.53 bits per heavy atom. The third-order valence-corrected chi connectivity index (χ3v) is 3.59. The molecule has 15 heavy (non-hydrogen) atoms. The second-order valence-corrected chi connectivity index (χ2v) is 5.02. The van der Waals surface area contributed by atoms with Gasteiger partial charge in [0.25, 0.3) is 0 Å². The van der Waals surface area contributed by atoms with Crippen molar-refractivity contribution < 1.29 is 0 Å². The predicted molar refractivity (Wildman–Crippen MR) is 61.9 cm³/mol. The van der Waals surface area contributed by atoms with Crippen LogP contribution in [0.5, 0.6) is 0 Å². The Balaban J connectivity index is 2.19. The van der Waals surface area contributed by atoms with Gasteiger partial charge in [-0.2, -0.15) is 5.26 Å². The fourth-order valence-electron chi connectivity index (χ4n) is 1.84. The van der Waals surface area contributed by atoms with Crippen molar-refractivity contribution in [1.29, 1.82) is 5.26 Å². The largest absolute Gasteiger partial charge is 0.375 e. The summed E-state index contributed by atoms with van der Waals surface area (Å²) in [5.74, 6) is 1.56. The topological polar surface area (TPSA) is 65.9 Å². The molecule has 0 amide bonds. The zero-order chi connectivity index (χ0) is 10.8. The van der Waals surface area contributed by atoms with Crippen molar-refractivity contribution in [3.05, 3.63) is 4.88 Å². The summed E-state index contributed by atoms with van der Waals surface area (Å²) in [5, 5.41) is 9.44. The van der Waals surface area contributed by atoms with Gasteiger partial charge < -0.3 is 10.6 Å². The van der Waals surface area contributed by atoms with E-state index in [9.17, 15) is 0 Å². The van der Waals surface area contributed by atoms with Crippen LogP contribution >= 0.6 is 11.3 Å². The summed E-state index contributed by atoms with van der Waals surface area (Å²) in [5.41, 5.74) is 5.62. The first-order valence-corrected chi connectivity index (χ1v) is 5.93. The normalized spacial score (nSPS) is 17.7. The van der Waals surface area contributed by atoms with Crippen molar-refractivity contribution in [1.82, 2.24) is 4.98 Å². The summed E-state index contributed by atoms with van der Waals surface area (Å²) in [6.45, 7) is 4.23. The highest BCUT2D eigenvalue weighted by Crippen LogP contribution is 2.30. The van der Waals surface area contributed by atoms with Gasteiger partial charge >= 0.3 is 0 Å². The number of rotatable bonds is 1. The SMILES string of the molecule is CC1CCN(c2nc(N)sc2C#N)CC1. The van der Waals surface area contributed by atoms with E-state index in [0.29, 0.717) is 10.0 Å². The maximum atomic E-state index is 8.95. The molecule has 0 bridgehead atoms. The van der Waals surface area contributed by atoms with E-state index < -0.39 is 0 Å². The summed E-state index contributed by atoms with van der Waals surface area (Å²) in [6, 6.07) is 2.16. The molecule has 0 spiro atoms. The van der Waals surface area contributed by atoms with Crippen LogP contribution in [0.2, 0.25) is 0 Å². The first-order valence-electron chi connectivity index (χ1n) is 5.12. The van der Waals surface area contributed by atoms with Gasteiger partial charge in [-0.3, -0.25) is 0 Å². The molecule has 0 radical (unpaired) electrons. The lowest BCUT2D eigenvalue weighted by Gasteiger charge is -2.30. The van der Waals surface area contributed by atoms with Crippen LogP contribution in [-0.4, -0.2) is 18.1 Å². The highest BCUT2D eigenvalue weighted by Gasteiger charge is 2.21. The number of nitriles is 1. The summed E-state index contributed by atoms with van der Waals surface area (Å²) >= 11 is 1.27.